The van der Waals surface area contributed by atoms with E-state index in [2.05, 4.69) is 4.98 Å². The van der Waals surface area contributed by atoms with Crippen LogP contribution in [0, 0.1) is 0 Å². The summed E-state index contributed by atoms with van der Waals surface area (Å²) in [6.07, 6.45) is 4.44. The first-order chi connectivity index (χ1) is 6.50. The average Bonchev–Trinajstić information content (AvgIpc) is 2.08. The second-order valence-electron chi connectivity index (χ2n) is 3.57. The molecule has 2 N–H and O–H groups in total. The van der Waals surface area contributed by atoms with Crippen molar-refractivity contribution >= 4 is 11.6 Å². The number of hydrogen-bond acceptors (Lipinski definition) is 2. The highest BCUT2D eigenvalue weighted by Crippen LogP contribution is 2.34. The SMILES string of the molecule is CC1(Cl)C=CCc2cc(O)c(=O)[nH]c21. The molecule has 1 aliphatic carbocycles. The maximum atomic E-state index is 11.2. The van der Waals surface area contributed by atoms with E-state index in [0.29, 0.717) is 12.1 Å². The molecule has 0 amide bonds. The number of H-pyrrole nitrogens is 1. The van der Waals surface area contributed by atoms with Crippen molar-refractivity contribution in [3.63, 3.8) is 0 Å². The van der Waals surface area contributed by atoms with Gasteiger partial charge >= 0.3 is 0 Å². The molecule has 1 atom stereocenters. The number of hydrogen-bond donors (Lipinski definition) is 2. The van der Waals surface area contributed by atoms with Gasteiger partial charge in [-0.15, -0.1) is 11.6 Å². The van der Waals surface area contributed by atoms with E-state index in [1.54, 1.807) is 6.92 Å². The van der Waals surface area contributed by atoms with E-state index in [9.17, 15) is 9.90 Å². The summed E-state index contributed by atoms with van der Waals surface area (Å²) >= 11 is 6.19. The molecule has 14 heavy (non-hydrogen) atoms. The minimum Gasteiger partial charge on any atom is -0.503 e. The molecule has 1 aromatic heterocycles. The molecule has 0 aliphatic heterocycles. The minimum atomic E-state index is -0.680. The van der Waals surface area contributed by atoms with Crippen molar-refractivity contribution < 1.29 is 5.11 Å². The molecular weight excluding hydrogens is 202 g/mol. The zero-order valence-electron chi connectivity index (χ0n) is 7.67. The molecule has 0 saturated carbocycles. The number of aromatic amines is 1. The van der Waals surface area contributed by atoms with Crippen molar-refractivity contribution in [2.24, 2.45) is 0 Å². The van der Waals surface area contributed by atoms with Crippen molar-refractivity contribution in [3.8, 4) is 5.75 Å². The minimum absolute atomic E-state index is 0.258. The molecule has 1 heterocycles. The molecule has 0 radical (unpaired) electrons. The molecule has 3 nitrogen and oxygen atoms in total. The van der Waals surface area contributed by atoms with Gasteiger partial charge in [-0.25, -0.2) is 0 Å². The Morgan fingerprint density at radius 3 is 3.07 bits per heavy atom. The molecule has 0 aromatic carbocycles. The fourth-order valence-corrected chi connectivity index (χ4v) is 1.91. The highest BCUT2D eigenvalue weighted by molar-refractivity contribution is 6.25. The van der Waals surface area contributed by atoms with E-state index in [4.69, 9.17) is 11.6 Å². The van der Waals surface area contributed by atoms with Crippen LogP contribution in [-0.2, 0) is 11.3 Å². The second kappa shape index (κ2) is 2.89. The van der Waals surface area contributed by atoms with Crippen LogP contribution < -0.4 is 5.56 Å². The first kappa shape index (κ1) is 9.34. The summed E-state index contributed by atoms with van der Waals surface area (Å²) in [7, 11) is 0. The predicted octanol–water partition coefficient (Wildman–Crippen LogP) is 1.65. The molecule has 0 spiro atoms. The Balaban J connectivity index is 2.69. The fourth-order valence-electron chi connectivity index (χ4n) is 1.65. The number of aromatic nitrogens is 1. The van der Waals surface area contributed by atoms with Gasteiger partial charge in [-0.2, -0.15) is 0 Å². The summed E-state index contributed by atoms with van der Waals surface area (Å²) in [4.78, 5) is 13.1. The quantitative estimate of drug-likeness (QED) is 0.507. The van der Waals surface area contributed by atoms with Gasteiger partial charge < -0.3 is 10.1 Å². The topological polar surface area (TPSA) is 53.1 Å². The molecule has 0 fully saturated rings. The molecule has 2 rings (SSSR count). The summed E-state index contributed by atoms with van der Waals surface area (Å²) < 4.78 is 0. The number of pyridine rings is 1. The molecule has 4 heteroatoms. The molecule has 74 valence electrons. The van der Waals surface area contributed by atoms with Crippen molar-refractivity contribution in [1.82, 2.24) is 4.98 Å². The lowest BCUT2D eigenvalue weighted by Crippen LogP contribution is -2.23. The number of rotatable bonds is 0. The molecule has 0 saturated heterocycles. The zero-order valence-corrected chi connectivity index (χ0v) is 8.43. The van der Waals surface area contributed by atoms with Crippen LogP contribution in [0.2, 0.25) is 0 Å². The van der Waals surface area contributed by atoms with E-state index < -0.39 is 10.4 Å². The normalized spacial score (nSPS) is 24.7. The Bertz CT molecular complexity index is 460. The van der Waals surface area contributed by atoms with Crippen LogP contribution in [0.4, 0.5) is 0 Å². The largest absolute Gasteiger partial charge is 0.503 e. The Hall–Kier alpha value is -1.22. The summed E-state index contributed by atoms with van der Waals surface area (Å²) in [6.45, 7) is 1.80. The maximum Gasteiger partial charge on any atom is 0.290 e. The predicted molar refractivity (Wildman–Crippen MR) is 54.8 cm³/mol. The number of fused-ring (bicyclic) bond motifs is 1. The van der Waals surface area contributed by atoms with Gasteiger partial charge in [0.1, 0.15) is 0 Å². The van der Waals surface area contributed by atoms with E-state index in [1.165, 1.54) is 6.07 Å². The zero-order chi connectivity index (χ0) is 10.3. The number of allylic oxidation sites excluding steroid dienone is 2. The van der Waals surface area contributed by atoms with Crippen molar-refractivity contribution in [2.45, 2.75) is 18.2 Å². The fraction of sp³-hybridized carbons (Fsp3) is 0.300. The molecule has 0 bridgehead atoms. The van der Waals surface area contributed by atoms with Crippen LogP contribution in [0.15, 0.2) is 23.0 Å². The average molecular weight is 212 g/mol. The van der Waals surface area contributed by atoms with E-state index in [0.717, 1.165) is 5.56 Å². The Morgan fingerprint density at radius 2 is 2.36 bits per heavy atom. The number of aromatic hydroxyl groups is 1. The standard InChI is InChI=1S/C10H10ClNO2/c1-10(11)4-2-3-6-5-7(13)9(14)12-8(6)10/h2,4-5,13H,3H2,1H3,(H,12,14). The first-order valence-corrected chi connectivity index (χ1v) is 4.71. The highest BCUT2D eigenvalue weighted by atomic mass is 35.5. The van der Waals surface area contributed by atoms with Crippen LogP contribution in [-0.4, -0.2) is 10.1 Å². The highest BCUT2D eigenvalue weighted by Gasteiger charge is 2.27. The van der Waals surface area contributed by atoms with Crippen molar-refractivity contribution in [3.05, 3.63) is 39.8 Å². The van der Waals surface area contributed by atoms with Crippen LogP contribution in [0.25, 0.3) is 0 Å². The van der Waals surface area contributed by atoms with Crippen LogP contribution in [0.1, 0.15) is 18.2 Å². The Morgan fingerprint density at radius 1 is 1.64 bits per heavy atom. The smallest absolute Gasteiger partial charge is 0.290 e. The monoisotopic (exact) mass is 211 g/mol. The summed E-state index contributed by atoms with van der Waals surface area (Å²) in [5, 5.41) is 9.23. The van der Waals surface area contributed by atoms with Gasteiger partial charge in [0.2, 0.25) is 0 Å². The van der Waals surface area contributed by atoms with Gasteiger partial charge in [-0.05, 0) is 25.0 Å². The van der Waals surface area contributed by atoms with Gasteiger partial charge in [0.15, 0.2) is 5.75 Å². The summed E-state index contributed by atoms with van der Waals surface area (Å²) in [5.41, 5.74) is 1.04. The van der Waals surface area contributed by atoms with Gasteiger partial charge in [0, 0.05) is 5.69 Å². The van der Waals surface area contributed by atoms with Gasteiger partial charge in [-0.3, -0.25) is 4.79 Å². The Labute approximate surface area is 86.0 Å². The second-order valence-corrected chi connectivity index (χ2v) is 4.35. The van der Waals surface area contributed by atoms with Crippen molar-refractivity contribution in [1.29, 1.82) is 0 Å². The maximum absolute atomic E-state index is 11.2. The van der Waals surface area contributed by atoms with Crippen LogP contribution in [0.3, 0.4) is 0 Å². The van der Waals surface area contributed by atoms with E-state index in [1.807, 2.05) is 12.2 Å². The molecule has 1 aromatic rings. The lowest BCUT2D eigenvalue weighted by Gasteiger charge is -2.24. The number of nitrogens with one attached hydrogen (secondary N) is 1. The first-order valence-electron chi connectivity index (χ1n) is 4.33. The number of alkyl halides is 1. The lowest BCUT2D eigenvalue weighted by molar-refractivity contribution is 0.464. The molecule has 1 unspecified atom stereocenters. The summed E-state index contributed by atoms with van der Waals surface area (Å²) in [5.74, 6) is -0.258. The third-order valence-electron chi connectivity index (χ3n) is 2.36. The van der Waals surface area contributed by atoms with Crippen molar-refractivity contribution in [2.75, 3.05) is 0 Å². The third kappa shape index (κ3) is 1.34. The molecule has 1 aliphatic rings. The number of halogens is 1. The van der Waals surface area contributed by atoms with E-state index >= 15 is 0 Å². The van der Waals surface area contributed by atoms with Gasteiger partial charge in [0.25, 0.3) is 5.56 Å². The Kier molecular flexibility index (Phi) is 1.93. The van der Waals surface area contributed by atoms with Crippen LogP contribution >= 0.6 is 11.6 Å². The van der Waals surface area contributed by atoms with Gasteiger partial charge in [0.05, 0.1) is 4.87 Å². The van der Waals surface area contributed by atoms with Crippen LogP contribution in [0.5, 0.6) is 5.75 Å². The van der Waals surface area contributed by atoms with Gasteiger partial charge in [-0.1, -0.05) is 12.2 Å². The molecular formula is C10H10ClNO2. The third-order valence-corrected chi connectivity index (χ3v) is 2.68. The summed E-state index contributed by atoms with van der Waals surface area (Å²) in [6, 6.07) is 1.47. The van der Waals surface area contributed by atoms with E-state index in [-0.39, 0.29) is 5.75 Å². The lowest BCUT2D eigenvalue weighted by atomic mass is 9.93.